The third kappa shape index (κ3) is 6.28. The molecular weight excluding hydrogens is 628 g/mol. The Bertz CT molecular complexity index is 1740. The van der Waals surface area contributed by atoms with Crippen molar-refractivity contribution < 1.29 is 42.2 Å². The fourth-order valence-electron chi connectivity index (χ4n) is 5.09. The summed E-state index contributed by atoms with van der Waals surface area (Å²) in [5.74, 6) is -0.422. The molecule has 0 spiro atoms. The summed E-state index contributed by atoms with van der Waals surface area (Å²) in [4.78, 5) is 44.2. The molecule has 228 valence electrons. The van der Waals surface area contributed by atoms with Crippen LogP contribution in [0.25, 0.3) is 22.2 Å². The third-order valence-corrected chi connectivity index (χ3v) is 9.00. The molecule has 2 saturated heterocycles. The molecule has 2 aliphatic rings. The molecule has 0 radical (unpaired) electrons. The van der Waals surface area contributed by atoms with Crippen LogP contribution in [0.4, 0.5) is 5.82 Å². The van der Waals surface area contributed by atoms with Crippen LogP contribution in [0.2, 0.25) is 0 Å². The monoisotopic (exact) mass is 654 g/mol. The largest absolute Gasteiger partial charge is 0.694 e. The van der Waals surface area contributed by atoms with Crippen molar-refractivity contribution in [3.63, 3.8) is 0 Å². The van der Waals surface area contributed by atoms with E-state index < -0.39 is 51.6 Å². The Balaban J connectivity index is 1.10. The second-order valence-corrected chi connectivity index (χ2v) is 13.3. The van der Waals surface area contributed by atoms with E-state index >= 15 is 0 Å². The normalized spacial score (nSPS) is 25.8. The molecule has 0 saturated carbocycles. The molecule has 6 rings (SSSR count). The zero-order valence-corrected chi connectivity index (χ0v) is 24.8. The van der Waals surface area contributed by atoms with Gasteiger partial charge < -0.3 is 34.9 Å². The molecule has 0 bridgehead atoms. The summed E-state index contributed by atoms with van der Waals surface area (Å²) in [7, 11) is -2.91. The molecule has 2 unspecified atom stereocenters. The molecule has 0 aliphatic carbocycles. The molecule has 21 heteroatoms. The number of rotatable bonds is 11. The number of nitrogens with zero attached hydrogens (tertiary/aromatic N) is 7. The van der Waals surface area contributed by atoms with E-state index in [0.29, 0.717) is 35.0 Å². The van der Waals surface area contributed by atoms with Gasteiger partial charge in [0.15, 0.2) is 17.7 Å². The number of carbonyl (C=O) groups is 1. The molecular formula is C22H26N9O9P2S+. The highest BCUT2D eigenvalue weighted by atomic mass is 32.5. The van der Waals surface area contributed by atoms with Gasteiger partial charge >= 0.3 is 15.0 Å². The maximum atomic E-state index is 11.7. The number of nitrogens with two attached hydrogens (primary N) is 2. The third-order valence-electron chi connectivity index (χ3n) is 7.05. The van der Waals surface area contributed by atoms with Gasteiger partial charge in [-0.3, -0.25) is 9.36 Å². The second kappa shape index (κ2) is 12.1. The summed E-state index contributed by atoms with van der Waals surface area (Å²) in [5.41, 5.74) is 13.3. The van der Waals surface area contributed by atoms with Crippen molar-refractivity contribution >= 4 is 60.7 Å². The quantitative estimate of drug-likeness (QED) is 0.166. The van der Waals surface area contributed by atoms with E-state index in [2.05, 4.69) is 25.3 Å². The van der Waals surface area contributed by atoms with Crippen molar-refractivity contribution in [3.05, 3.63) is 36.4 Å². The van der Waals surface area contributed by atoms with Gasteiger partial charge in [-0.05, 0) is 36.8 Å². The lowest BCUT2D eigenvalue weighted by Crippen LogP contribution is -2.28. The zero-order valence-electron chi connectivity index (χ0n) is 22.1. The van der Waals surface area contributed by atoms with Gasteiger partial charge in [-0.15, -0.1) is 14.5 Å². The first-order chi connectivity index (χ1) is 20.6. The molecule has 5 heterocycles. The Morgan fingerprint density at radius 1 is 1.19 bits per heavy atom. The first kappa shape index (κ1) is 30.0. The van der Waals surface area contributed by atoms with Crippen LogP contribution in [-0.2, 0) is 39.4 Å². The van der Waals surface area contributed by atoms with Gasteiger partial charge in [-0.1, -0.05) is 11.3 Å². The van der Waals surface area contributed by atoms with E-state index in [9.17, 15) is 14.3 Å². The van der Waals surface area contributed by atoms with Crippen molar-refractivity contribution in [1.82, 2.24) is 34.5 Å². The Hall–Kier alpha value is -3.09. The minimum atomic E-state index is -3.85. The van der Waals surface area contributed by atoms with Crippen LogP contribution in [-0.4, -0.2) is 81.7 Å². The summed E-state index contributed by atoms with van der Waals surface area (Å²) in [5, 5.41) is 8.23. The van der Waals surface area contributed by atoms with Crippen LogP contribution in [0.5, 0.6) is 0 Å². The number of amides is 1. The number of aromatic nitrogens is 7. The van der Waals surface area contributed by atoms with Gasteiger partial charge in [0.05, 0.1) is 30.1 Å². The predicted molar refractivity (Wildman–Crippen MR) is 151 cm³/mol. The van der Waals surface area contributed by atoms with Crippen molar-refractivity contribution in [1.29, 1.82) is 0 Å². The molecule has 2 fully saturated rings. The summed E-state index contributed by atoms with van der Waals surface area (Å²) in [6.45, 7) is -4.24. The molecule has 4 aromatic rings. The van der Waals surface area contributed by atoms with E-state index in [1.807, 2.05) is 0 Å². The summed E-state index contributed by atoms with van der Waals surface area (Å²) in [6, 6.07) is 5.02. The minimum absolute atomic E-state index is 0.0769. The van der Waals surface area contributed by atoms with E-state index in [1.54, 1.807) is 27.4 Å². The van der Waals surface area contributed by atoms with Crippen LogP contribution in [0.15, 0.2) is 30.9 Å². The average molecular weight is 655 g/mol. The lowest BCUT2D eigenvalue weighted by atomic mass is 10.1. The van der Waals surface area contributed by atoms with E-state index in [4.69, 9.17) is 51.2 Å². The van der Waals surface area contributed by atoms with Crippen molar-refractivity contribution in [2.45, 2.75) is 50.0 Å². The predicted octanol–water partition coefficient (Wildman–Crippen LogP) is 1.20. The van der Waals surface area contributed by atoms with Crippen LogP contribution >= 0.6 is 15.0 Å². The number of anilines is 1. The number of primary amides is 1. The zero-order chi connectivity index (χ0) is 30.3. The maximum Gasteiger partial charge on any atom is 0.694 e. The van der Waals surface area contributed by atoms with Crippen molar-refractivity contribution in [3.8, 4) is 0 Å². The number of imidazole rings is 1. The summed E-state index contributed by atoms with van der Waals surface area (Å²) in [6.07, 6.45) is 0.641. The van der Waals surface area contributed by atoms with Crippen molar-refractivity contribution in [2.75, 3.05) is 18.9 Å². The Morgan fingerprint density at radius 2 is 2.02 bits per heavy atom. The van der Waals surface area contributed by atoms with Gasteiger partial charge in [0.2, 0.25) is 0 Å². The number of hydrogen-bond acceptors (Lipinski definition) is 14. The number of benzene rings is 1. The molecule has 6 N–H and O–H groups in total. The van der Waals surface area contributed by atoms with Gasteiger partial charge in [0, 0.05) is 11.0 Å². The molecule has 2 aliphatic heterocycles. The molecule has 43 heavy (non-hydrogen) atoms. The fraction of sp³-hybridized carbons (Fsp3) is 0.455. The highest BCUT2D eigenvalue weighted by Crippen LogP contribution is 2.50. The molecule has 3 aromatic heterocycles. The maximum absolute atomic E-state index is 11.7. The Kier molecular flexibility index (Phi) is 8.45. The average Bonchev–Trinajstić information content (AvgIpc) is 3.75. The molecule has 18 nitrogen and oxygen atoms in total. The number of hydrogen-bond donors (Lipinski definition) is 4. The highest BCUT2D eigenvalue weighted by Gasteiger charge is 2.43. The molecule has 1 amide bonds. The van der Waals surface area contributed by atoms with Crippen LogP contribution in [0.3, 0.4) is 0 Å². The van der Waals surface area contributed by atoms with Crippen LogP contribution < -0.4 is 11.5 Å². The highest BCUT2D eigenvalue weighted by molar-refractivity contribution is 8.07. The van der Waals surface area contributed by atoms with E-state index in [1.165, 1.54) is 12.7 Å². The Morgan fingerprint density at radius 3 is 2.81 bits per heavy atom. The lowest BCUT2D eigenvalue weighted by molar-refractivity contribution is -0.0415. The van der Waals surface area contributed by atoms with Gasteiger partial charge in [0.1, 0.15) is 42.4 Å². The van der Waals surface area contributed by atoms with Gasteiger partial charge in [0.25, 0.3) is 5.91 Å². The SMILES string of the molecule is NC(=O)c1cccc2c1nnn2[C@H]1CC[C@@H](COP(O)(=S)O[C@H]2C[C@H](n3cnc4c(N)ncnc43)O[C@@H]2CO[P+](=O)O)O1. The Labute approximate surface area is 248 Å². The lowest BCUT2D eigenvalue weighted by Gasteiger charge is -2.23. The number of ether oxygens (including phenoxy) is 2. The molecule has 1 aromatic carbocycles. The van der Waals surface area contributed by atoms with Gasteiger partial charge in [-0.25, -0.2) is 19.6 Å². The van der Waals surface area contributed by atoms with E-state index in [0.717, 1.165) is 0 Å². The number of fused-ring (bicyclic) bond motifs is 2. The number of nitrogen functional groups attached to an aromatic ring is 1. The minimum Gasteiger partial charge on any atom is -0.382 e. The smallest absolute Gasteiger partial charge is 0.382 e. The topological polar surface area (TPSA) is 247 Å². The van der Waals surface area contributed by atoms with Crippen LogP contribution in [0, 0.1) is 0 Å². The summed E-state index contributed by atoms with van der Waals surface area (Å²) < 4.78 is 42.8. The first-order valence-corrected chi connectivity index (χ1v) is 16.6. The molecule has 7 atom stereocenters. The summed E-state index contributed by atoms with van der Waals surface area (Å²) >= 11 is 5.28. The van der Waals surface area contributed by atoms with Crippen molar-refractivity contribution in [2.24, 2.45) is 5.73 Å². The first-order valence-electron chi connectivity index (χ1n) is 12.9. The second-order valence-electron chi connectivity index (χ2n) is 9.75. The fourth-order valence-corrected chi connectivity index (χ4v) is 6.86. The van der Waals surface area contributed by atoms with Gasteiger partial charge in [-0.2, -0.15) is 0 Å². The van der Waals surface area contributed by atoms with E-state index in [-0.39, 0.29) is 31.0 Å². The van der Waals surface area contributed by atoms with Crippen LogP contribution in [0.1, 0.15) is 42.1 Å². The number of carbonyl (C=O) groups excluding carboxylic acids is 1. The standard InChI is InChI=1S/C22H25N9O9P2S/c23-20-19-22(26-9-25-20)30(10-27-19)17-6-14(15(39-17)8-36-41(33)34)40-42(35,43)37-7-11-4-5-16(38-11)31-13-3-1-2-12(21(24)32)18(13)28-29-31/h1-3,9-11,14-17H,4-8H2,(H5-,23,24,25,26,32,33,34,35,43)/p+1/t11-,14-,15+,16+,17+,42?/m0/s1.